The van der Waals surface area contributed by atoms with Crippen molar-refractivity contribution in [1.82, 2.24) is 4.90 Å². The van der Waals surface area contributed by atoms with Crippen molar-refractivity contribution in [2.45, 2.75) is 52.5 Å². The molecule has 3 heteroatoms. The maximum absolute atomic E-state index is 6.16. The lowest BCUT2D eigenvalue weighted by Gasteiger charge is -2.30. The van der Waals surface area contributed by atoms with E-state index in [1.54, 1.807) is 7.11 Å². The maximum Gasteiger partial charge on any atom is 0.164 e. The van der Waals surface area contributed by atoms with E-state index in [1.807, 2.05) is 0 Å². The predicted molar refractivity (Wildman–Crippen MR) is 112 cm³/mol. The Labute approximate surface area is 164 Å². The van der Waals surface area contributed by atoms with Gasteiger partial charge in [0.25, 0.3) is 0 Å². The molecule has 0 spiro atoms. The summed E-state index contributed by atoms with van der Waals surface area (Å²) in [6.07, 6.45) is 5.66. The minimum absolute atomic E-state index is 0.776. The fourth-order valence-electron chi connectivity index (χ4n) is 3.74. The Hall–Kier alpha value is -2.00. The van der Waals surface area contributed by atoms with Gasteiger partial charge in [0.05, 0.1) is 13.7 Å². The van der Waals surface area contributed by atoms with Gasteiger partial charge >= 0.3 is 0 Å². The van der Waals surface area contributed by atoms with Gasteiger partial charge < -0.3 is 9.47 Å². The van der Waals surface area contributed by atoms with Crippen molar-refractivity contribution in [1.29, 1.82) is 0 Å². The number of hydrogen-bond acceptors (Lipinski definition) is 3. The highest BCUT2D eigenvalue weighted by atomic mass is 16.5. The molecule has 2 aromatic carbocycles. The summed E-state index contributed by atoms with van der Waals surface area (Å²) in [6.45, 7) is 8.31. The second-order valence-corrected chi connectivity index (χ2v) is 7.55. The number of benzene rings is 2. The average Bonchev–Trinajstić information content (AvgIpc) is 2.70. The van der Waals surface area contributed by atoms with Crippen LogP contribution in [-0.4, -0.2) is 31.7 Å². The van der Waals surface area contributed by atoms with Crippen molar-refractivity contribution < 1.29 is 9.47 Å². The van der Waals surface area contributed by atoms with Crippen molar-refractivity contribution in [3.63, 3.8) is 0 Å². The molecule has 27 heavy (non-hydrogen) atoms. The summed E-state index contributed by atoms with van der Waals surface area (Å²) in [4.78, 5) is 2.55. The third-order valence-electron chi connectivity index (χ3n) is 5.44. The van der Waals surface area contributed by atoms with Gasteiger partial charge in [0.1, 0.15) is 0 Å². The van der Waals surface area contributed by atoms with Crippen LogP contribution < -0.4 is 9.47 Å². The highest BCUT2D eigenvalue weighted by Crippen LogP contribution is 2.36. The molecule has 3 rings (SSSR count). The average molecular weight is 368 g/mol. The van der Waals surface area contributed by atoms with Crippen molar-refractivity contribution in [2.24, 2.45) is 0 Å². The van der Waals surface area contributed by atoms with E-state index in [9.17, 15) is 0 Å². The van der Waals surface area contributed by atoms with Gasteiger partial charge in [-0.1, -0.05) is 55.7 Å². The lowest BCUT2D eigenvalue weighted by Crippen LogP contribution is -2.32. The highest BCUT2D eigenvalue weighted by molar-refractivity contribution is 5.51. The topological polar surface area (TPSA) is 21.7 Å². The van der Waals surface area contributed by atoms with Crippen LogP contribution in [0.3, 0.4) is 0 Å². The molecule has 0 unspecified atom stereocenters. The number of hydrogen-bond donors (Lipinski definition) is 0. The van der Waals surface area contributed by atoms with Crippen LogP contribution in [0.1, 0.15) is 48.4 Å². The lowest BCUT2D eigenvalue weighted by atomic mass is 9.97. The molecule has 146 valence electrons. The Kier molecular flexibility index (Phi) is 7.17. The van der Waals surface area contributed by atoms with Gasteiger partial charge in [-0.2, -0.15) is 0 Å². The minimum atomic E-state index is 0.776. The molecule has 2 aromatic rings. The molecule has 0 atom stereocenters. The molecule has 0 amide bonds. The SMILES string of the molecule is CCCCCOc1c(OC)ccc2c1CCN(CCc1ccc(C)cc1)C2. The van der Waals surface area contributed by atoms with E-state index >= 15 is 0 Å². The zero-order valence-electron chi connectivity index (χ0n) is 17.1. The van der Waals surface area contributed by atoms with Gasteiger partial charge in [0.2, 0.25) is 0 Å². The Balaban J connectivity index is 1.63. The van der Waals surface area contributed by atoms with Crippen LogP contribution in [0.2, 0.25) is 0 Å². The zero-order valence-corrected chi connectivity index (χ0v) is 17.1. The lowest BCUT2D eigenvalue weighted by molar-refractivity contribution is 0.245. The van der Waals surface area contributed by atoms with E-state index < -0.39 is 0 Å². The normalized spacial score (nSPS) is 14.0. The molecule has 0 fully saturated rings. The first-order valence-electron chi connectivity index (χ1n) is 10.3. The van der Waals surface area contributed by atoms with E-state index in [0.717, 1.165) is 57.0 Å². The van der Waals surface area contributed by atoms with Gasteiger partial charge in [0.15, 0.2) is 11.5 Å². The van der Waals surface area contributed by atoms with Gasteiger partial charge in [0, 0.05) is 25.2 Å². The summed E-state index contributed by atoms with van der Waals surface area (Å²) >= 11 is 0. The summed E-state index contributed by atoms with van der Waals surface area (Å²) < 4.78 is 11.7. The molecule has 1 aliphatic rings. The van der Waals surface area contributed by atoms with E-state index in [2.05, 4.69) is 55.1 Å². The number of fused-ring (bicyclic) bond motifs is 1. The van der Waals surface area contributed by atoms with Crippen molar-refractivity contribution in [3.05, 3.63) is 58.7 Å². The standard InChI is InChI=1S/C24H33NO2/c1-4-5-6-17-27-24-22-14-16-25(18-21(22)11-12-23(24)26-3)15-13-20-9-7-19(2)8-10-20/h7-12H,4-6,13-18H2,1-3H3. The molecule has 0 aromatic heterocycles. The highest BCUT2D eigenvalue weighted by Gasteiger charge is 2.22. The molecule has 0 saturated heterocycles. The smallest absolute Gasteiger partial charge is 0.164 e. The van der Waals surface area contributed by atoms with E-state index in [-0.39, 0.29) is 0 Å². The van der Waals surface area contributed by atoms with Crippen LogP contribution >= 0.6 is 0 Å². The van der Waals surface area contributed by atoms with Crippen LogP contribution in [0.5, 0.6) is 11.5 Å². The number of ether oxygens (including phenoxy) is 2. The van der Waals surface area contributed by atoms with Crippen molar-refractivity contribution in [2.75, 3.05) is 26.8 Å². The quantitative estimate of drug-likeness (QED) is 0.571. The molecule has 3 nitrogen and oxygen atoms in total. The Bertz CT molecular complexity index is 724. The van der Waals surface area contributed by atoms with Crippen LogP contribution in [0.4, 0.5) is 0 Å². The molecule has 0 saturated carbocycles. The Morgan fingerprint density at radius 3 is 2.59 bits per heavy atom. The van der Waals surface area contributed by atoms with Crippen molar-refractivity contribution in [3.8, 4) is 11.5 Å². The summed E-state index contributed by atoms with van der Waals surface area (Å²) in [7, 11) is 1.73. The Morgan fingerprint density at radius 1 is 1.04 bits per heavy atom. The molecule has 1 aliphatic heterocycles. The number of aryl methyl sites for hydroxylation is 1. The number of rotatable bonds is 9. The second kappa shape index (κ2) is 9.80. The van der Waals surface area contributed by atoms with Gasteiger partial charge in [-0.05, 0) is 43.4 Å². The third kappa shape index (κ3) is 5.26. The maximum atomic E-state index is 6.16. The first-order valence-corrected chi connectivity index (χ1v) is 10.3. The number of unbranched alkanes of at least 4 members (excludes halogenated alkanes) is 2. The van der Waals surface area contributed by atoms with E-state index in [1.165, 1.54) is 35.1 Å². The van der Waals surface area contributed by atoms with Gasteiger partial charge in [-0.15, -0.1) is 0 Å². The van der Waals surface area contributed by atoms with E-state index in [0.29, 0.717) is 0 Å². The second-order valence-electron chi connectivity index (χ2n) is 7.55. The van der Waals surface area contributed by atoms with Crippen molar-refractivity contribution >= 4 is 0 Å². The van der Waals surface area contributed by atoms with Gasteiger partial charge in [-0.25, -0.2) is 0 Å². The van der Waals surface area contributed by atoms with E-state index in [4.69, 9.17) is 9.47 Å². The molecule has 0 bridgehead atoms. The Morgan fingerprint density at radius 2 is 1.85 bits per heavy atom. The summed E-state index contributed by atoms with van der Waals surface area (Å²) in [5.41, 5.74) is 5.47. The first kappa shape index (κ1) is 19.8. The molecule has 0 aliphatic carbocycles. The molecular weight excluding hydrogens is 334 g/mol. The third-order valence-corrected chi connectivity index (χ3v) is 5.44. The van der Waals surface area contributed by atoms with Crippen LogP contribution in [-0.2, 0) is 19.4 Å². The summed E-state index contributed by atoms with van der Waals surface area (Å²) in [6, 6.07) is 13.2. The fourth-order valence-corrected chi connectivity index (χ4v) is 3.74. The monoisotopic (exact) mass is 367 g/mol. The van der Waals surface area contributed by atoms with Gasteiger partial charge in [-0.3, -0.25) is 4.90 Å². The van der Waals surface area contributed by atoms with Crippen LogP contribution in [0.15, 0.2) is 36.4 Å². The molecule has 1 heterocycles. The fraction of sp³-hybridized carbons (Fsp3) is 0.500. The molecule has 0 N–H and O–H groups in total. The zero-order chi connectivity index (χ0) is 19.1. The molecule has 0 radical (unpaired) electrons. The van der Waals surface area contributed by atoms with Crippen LogP contribution in [0, 0.1) is 6.92 Å². The molecular formula is C24H33NO2. The number of methoxy groups -OCH3 is 1. The number of nitrogens with zero attached hydrogens (tertiary/aromatic N) is 1. The minimum Gasteiger partial charge on any atom is -0.493 e. The first-order chi connectivity index (χ1) is 13.2. The summed E-state index contributed by atoms with van der Waals surface area (Å²) in [5, 5.41) is 0. The van der Waals surface area contributed by atoms with Crippen LogP contribution in [0.25, 0.3) is 0 Å². The summed E-state index contributed by atoms with van der Waals surface area (Å²) in [5.74, 6) is 1.85. The predicted octanol–water partition coefficient (Wildman–Crippen LogP) is 5.17. The largest absolute Gasteiger partial charge is 0.493 e.